The highest BCUT2D eigenvalue weighted by molar-refractivity contribution is 5.89. The number of carbonyl (C=O) groups excluding carboxylic acids is 2. The highest BCUT2D eigenvalue weighted by Gasteiger charge is 2.15. The Labute approximate surface area is 220 Å². The van der Waals surface area contributed by atoms with Crippen LogP contribution in [0.1, 0.15) is 86.8 Å². The first-order valence-corrected chi connectivity index (χ1v) is 11.1. The van der Waals surface area contributed by atoms with Gasteiger partial charge in [-0.3, -0.25) is 4.79 Å². The van der Waals surface area contributed by atoms with Crippen molar-refractivity contribution in [3.8, 4) is 71.5 Å². The zero-order valence-corrected chi connectivity index (χ0v) is 19.9. The van der Waals surface area contributed by atoms with E-state index < -0.39 is 24.6 Å². The summed E-state index contributed by atoms with van der Waals surface area (Å²) in [5.41, 5.74) is 0. The highest BCUT2D eigenvalue weighted by Crippen LogP contribution is 2.11. The van der Waals surface area contributed by atoms with Gasteiger partial charge in [-0.2, -0.15) is 0 Å². The Balaban J connectivity index is -0.0000000776. The van der Waals surface area contributed by atoms with Gasteiger partial charge in [-0.15, -0.1) is 6.42 Å². The van der Waals surface area contributed by atoms with E-state index in [0.717, 1.165) is 19.3 Å². The van der Waals surface area contributed by atoms with Gasteiger partial charge in [0.05, 0.1) is 6.61 Å². The Hall–Kier alpha value is -3.78. The molecule has 0 fully saturated rings. The monoisotopic (exact) mass is 485 g/mol. The number of esters is 2. The zero-order valence-electron chi connectivity index (χ0n) is 19.9. The lowest BCUT2D eigenvalue weighted by molar-refractivity contribution is -0.159. The number of aliphatic hydroxyl groups excluding tert-OH is 1. The minimum atomic E-state index is -0.921. The second-order valence-corrected chi connectivity index (χ2v) is 6.87. The predicted molar refractivity (Wildman–Crippen MR) is 156 cm³/mol. The molecule has 0 amide bonds. The molecule has 0 radical (unpaired) electrons. The van der Waals surface area contributed by atoms with Crippen LogP contribution in [0, 0.1) is 71.5 Å². The normalized spacial score (nSPS) is 8.97. The van der Waals surface area contributed by atoms with E-state index in [2.05, 4.69) is 72.0 Å². The number of rotatable bonds is 14. The van der Waals surface area contributed by atoms with Gasteiger partial charge in [0.25, 0.3) is 0 Å². The molecular formula is C28H55NO5. The molecule has 34 heavy (non-hydrogen) atoms. The van der Waals surface area contributed by atoms with E-state index in [1.807, 2.05) is 0 Å². The molecule has 6 nitrogen and oxygen atoms in total. The van der Waals surface area contributed by atoms with Crippen molar-refractivity contribution in [3.05, 3.63) is 0 Å². The number of hydrogen-bond donors (Lipinski definition) is 2. The van der Waals surface area contributed by atoms with Crippen molar-refractivity contribution >= 4 is 11.9 Å². The van der Waals surface area contributed by atoms with E-state index in [9.17, 15) is 14.7 Å². The van der Waals surface area contributed by atoms with E-state index >= 15 is 0 Å². The van der Waals surface area contributed by atoms with E-state index in [1.54, 1.807) is 0 Å². The number of terminal acetylenes is 1. The van der Waals surface area contributed by atoms with Gasteiger partial charge in [-0.05, 0) is 65.6 Å². The third-order valence-electron chi connectivity index (χ3n) is 4.12. The van der Waals surface area contributed by atoms with E-state index in [1.165, 1.54) is 38.5 Å². The molecule has 4 N–H and O–H groups in total. The van der Waals surface area contributed by atoms with Crippen LogP contribution in [-0.4, -0.2) is 36.4 Å². The number of aliphatic hydroxyl groups is 1. The zero-order chi connectivity index (χ0) is 24.4. The molecule has 6 heteroatoms. The summed E-state index contributed by atoms with van der Waals surface area (Å²) in [5.74, 6) is 24.3. The summed E-state index contributed by atoms with van der Waals surface area (Å²) in [6.07, 6.45) is 14.6. The summed E-state index contributed by atoms with van der Waals surface area (Å²) in [6.45, 7) is 1.47. The van der Waals surface area contributed by atoms with E-state index in [0.29, 0.717) is 0 Å². The number of carbonyl (C=O) groups is 2. The molecule has 0 spiro atoms. The third kappa shape index (κ3) is 22.9. The van der Waals surface area contributed by atoms with Gasteiger partial charge < -0.3 is 20.7 Å². The maximum atomic E-state index is 11.9. The molecule has 0 rings (SSSR count). The number of hydrogen-bond acceptors (Lipinski definition) is 6. The predicted octanol–water partition coefficient (Wildman–Crippen LogP) is 5.87. The van der Waals surface area contributed by atoms with Crippen LogP contribution < -0.4 is 6.15 Å². The number of ether oxygens (including phenoxy) is 2. The standard InChI is InChI=1S/C28H30O5.H3N.11H2/c1-3-5-7-9-11-13-15-16-18-20-22-27(30)32-25-26(24-29)33-28(31)23-21-19-17-14-12-10-8-6-4-2;;;;;;;;;;;;/h1,26,29H,4,6,8,10,12,14,17,19,21,23-25H2,2H3;1H3;11*1H/t26-;;;;;;;;;;;;/m1............/s1. The Bertz CT molecular complexity index is 986. The minimum Gasteiger partial charge on any atom is -0.456 e. The molecule has 0 aliphatic heterocycles. The molecule has 1 atom stereocenters. The fourth-order valence-electron chi connectivity index (χ4n) is 2.49. The maximum Gasteiger partial charge on any atom is 0.385 e. The van der Waals surface area contributed by atoms with Crippen LogP contribution in [0.2, 0.25) is 0 Å². The van der Waals surface area contributed by atoms with Gasteiger partial charge in [-0.1, -0.05) is 58.3 Å². The first-order chi connectivity index (χ1) is 16.1. The topological polar surface area (TPSA) is 108 Å². The first-order valence-electron chi connectivity index (χ1n) is 11.1. The van der Waals surface area contributed by atoms with Crippen LogP contribution >= 0.6 is 0 Å². The lowest BCUT2D eigenvalue weighted by Gasteiger charge is -2.14. The largest absolute Gasteiger partial charge is 0.456 e. The average Bonchev–Trinajstić information content (AvgIpc) is 2.81. The van der Waals surface area contributed by atoms with Gasteiger partial charge >= 0.3 is 11.9 Å². The fourth-order valence-corrected chi connectivity index (χ4v) is 2.49. The summed E-state index contributed by atoms with van der Waals surface area (Å²) in [6, 6.07) is 0. The lowest BCUT2D eigenvalue weighted by Crippen LogP contribution is -2.28. The van der Waals surface area contributed by atoms with Crippen LogP contribution in [0.5, 0.6) is 0 Å². The smallest absolute Gasteiger partial charge is 0.385 e. The summed E-state index contributed by atoms with van der Waals surface area (Å²) in [5, 5.41) is 9.31. The van der Waals surface area contributed by atoms with Crippen molar-refractivity contribution in [2.45, 2.75) is 77.2 Å². The van der Waals surface area contributed by atoms with Crippen LogP contribution in [0.4, 0.5) is 0 Å². The van der Waals surface area contributed by atoms with Crippen LogP contribution in [0.3, 0.4) is 0 Å². The van der Waals surface area contributed by atoms with E-state index in [4.69, 9.17) is 15.9 Å². The Morgan fingerprint density at radius 1 is 0.824 bits per heavy atom. The van der Waals surface area contributed by atoms with E-state index in [-0.39, 0.29) is 34.9 Å². The molecule has 202 valence electrons. The molecule has 0 aromatic rings. The molecule has 0 unspecified atom stereocenters. The molecule has 0 aromatic heterocycles. The SMILES string of the molecule is C#CC#CC#CC#CC#CC#CC(=O)OC[C@@H](CO)OC(=O)CCCCCCCCCCC.N.[HH].[HH].[HH].[HH].[HH].[HH].[HH].[HH].[HH].[HH].[HH]. The summed E-state index contributed by atoms with van der Waals surface area (Å²) >= 11 is 0. The quantitative estimate of drug-likeness (QED) is 0.138. The van der Waals surface area contributed by atoms with Gasteiger partial charge in [0, 0.05) is 28.0 Å². The van der Waals surface area contributed by atoms with Gasteiger partial charge in [-0.25, -0.2) is 4.79 Å². The lowest BCUT2D eigenvalue weighted by atomic mass is 10.1. The molecule has 0 saturated heterocycles. The summed E-state index contributed by atoms with van der Waals surface area (Å²) in [4.78, 5) is 23.4. The van der Waals surface area contributed by atoms with Crippen molar-refractivity contribution in [1.82, 2.24) is 6.15 Å². The number of unbranched alkanes of at least 4 members (excludes halogenated alkanes) is 8. The Morgan fingerprint density at radius 2 is 1.32 bits per heavy atom. The van der Waals surface area contributed by atoms with Crippen LogP contribution in [0.15, 0.2) is 0 Å². The average molecular weight is 486 g/mol. The summed E-state index contributed by atoms with van der Waals surface area (Å²) < 4.78 is 10.0. The first kappa shape index (κ1) is 32.4. The van der Waals surface area contributed by atoms with Crippen LogP contribution in [0.25, 0.3) is 0 Å². The molecule has 0 aliphatic rings. The third-order valence-corrected chi connectivity index (χ3v) is 4.12. The molecule has 0 heterocycles. The molecule has 0 aliphatic carbocycles. The van der Waals surface area contributed by atoms with Crippen LogP contribution in [-0.2, 0) is 19.1 Å². The minimum absolute atomic E-state index is 0. The van der Waals surface area contributed by atoms with Crippen molar-refractivity contribution < 1.29 is 39.9 Å². The van der Waals surface area contributed by atoms with Crippen molar-refractivity contribution in [2.75, 3.05) is 13.2 Å². The second-order valence-electron chi connectivity index (χ2n) is 6.87. The Kier molecular flexibility index (Phi) is 24.3. The molecule has 0 bridgehead atoms. The van der Waals surface area contributed by atoms with Gasteiger partial charge in [0.2, 0.25) is 0 Å². The fraction of sp³-hybridized carbons (Fsp3) is 0.500. The van der Waals surface area contributed by atoms with Crippen molar-refractivity contribution in [1.29, 1.82) is 0 Å². The van der Waals surface area contributed by atoms with Crippen molar-refractivity contribution in [2.24, 2.45) is 0 Å². The van der Waals surface area contributed by atoms with Crippen molar-refractivity contribution in [3.63, 3.8) is 0 Å². The second kappa shape index (κ2) is 25.5. The van der Waals surface area contributed by atoms with Gasteiger partial charge in [0.1, 0.15) is 6.61 Å². The molecule has 0 saturated carbocycles. The molecule has 0 aromatic carbocycles. The summed E-state index contributed by atoms with van der Waals surface area (Å²) in [7, 11) is 0. The Morgan fingerprint density at radius 3 is 1.85 bits per heavy atom. The molecular weight excluding hydrogens is 430 g/mol. The van der Waals surface area contributed by atoms with Gasteiger partial charge in [0.15, 0.2) is 6.10 Å². The highest BCUT2D eigenvalue weighted by atomic mass is 16.6. The maximum absolute atomic E-state index is 11.9.